The van der Waals surface area contributed by atoms with E-state index in [0.29, 0.717) is 17.9 Å². The Labute approximate surface area is 97.4 Å². The number of nitrogens with one attached hydrogen (secondary N) is 2. The lowest BCUT2D eigenvalue weighted by molar-refractivity contribution is -0.131. The molecule has 6 heteroatoms. The number of aromatic nitrogens is 1. The van der Waals surface area contributed by atoms with Crippen LogP contribution in [0.1, 0.15) is 11.1 Å². The second-order valence-corrected chi connectivity index (χ2v) is 3.60. The van der Waals surface area contributed by atoms with Crippen molar-refractivity contribution < 1.29 is 14.7 Å². The number of pyridine rings is 1. The van der Waals surface area contributed by atoms with Crippen molar-refractivity contribution in [2.24, 2.45) is 0 Å². The average Bonchev–Trinajstić information content (AvgIpc) is 2.46. The molecule has 17 heavy (non-hydrogen) atoms. The molecule has 2 heterocycles. The number of aliphatic carboxylic acids is 1. The van der Waals surface area contributed by atoms with Gasteiger partial charge in [-0.15, -0.1) is 0 Å². The highest BCUT2D eigenvalue weighted by Crippen LogP contribution is 2.16. The van der Waals surface area contributed by atoms with Crippen LogP contribution in [0.15, 0.2) is 18.3 Å². The van der Waals surface area contributed by atoms with Crippen molar-refractivity contribution >= 4 is 23.8 Å². The van der Waals surface area contributed by atoms with Crippen molar-refractivity contribution in [3.05, 3.63) is 29.5 Å². The minimum atomic E-state index is -1.01. The van der Waals surface area contributed by atoms with Gasteiger partial charge in [-0.3, -0.25) is 4.79 Å². The molecule has 0 fully saturated rings. The summed E-state index contributed by atoms with van der Waals surface area (Å²) < 4.78 is 0. The summed E-state index contributed by atoms with van der Waals surface area (Å²) in [5.41, 5.74) is 1.52. The standard InChI is InChI=1S/C11H11N3O3/c15-9-6-12-5-8-3-7(1-2-10(16)17)4-13-11(8)14-9/h1-4,12H,5-6H2,(H,16,17)(H,13,14,15). The highest BCUT2D eigenvalue weighted by molar-refractivity contribution is 5.92. The number of hydrogen-bond donors (Lipinski definition) is 3. The molecule has 88 valence electrons. The summed E-state index contributed by atoms with van der Waals surface area (Å²) in [5.74, 6) is -0.621. The first-order valence-electron chi connectivity index (χ1n) is 5.05. The van der Waals surface area contributed by atoms with E-state index in [1.54, 1.807) is 6.07 Å². The second-order valence-electron chi connectivity index (χ2n) is 3.60. The van der Waals surface area contributed by atoms with Crippen LogP contribution in [0.4, 0.5) is 5.82 Å². The van der Waals surface area contributed by atoms with Crippen molar-refractivity contribution in [2.45, 2.75) is 6.54 Å². The third-order valence-corrected chi connectivity index (χ3v) is 2.26. The zero-order valence-corrected chi connectivity index (χ0v) is 8.93. The Kier molecular flexibility index (Phi) is 3.15. The number of carbonyl (C=O) groups excluding carboxylic acids is 1. The Morgan fingerprint density at radius 1 is 1.47 bits per heavy atom. The van der Waals surface area contributed by atoms with Crippen molar-refractivity contribution in [3.63, 3.8) is 0 Å². The summed E-state index contributed by atoms with van der Waals surface area (Å²) in [6.07, 6.45) is 4.03. The lowest BCUT2D eigenvalue weighted by atomic mass is 10.1. The van der Waals surface area contributed by atoms with Gasteiger partial charge in [0.2, 0.25) is 5.91 Å². The fourth-order valence-electron chi connectivity index (χ4n) is 1.52. The first kappa shape index (κ1) is 11.3. The average molecular weight is 233 g/mol. The van der Waals surface area contributed by atoms with Gasteiger partial charge in [-0.2, -0.15) is 0 Å². The Balaban J connectivity index is 2.27. The summed E-state index contributed by atoms with van der Waals surface area (Å²) in [5, 5.41) is 14.1. The SMILES string of the molecule is O=C(O)C=Cc1cnc2c(c1)CNCC(=O)N2. The molecule has 1 aliphatic heterocycles. The Morgan fingerprint density at radius 2 is 2.29 bits per heavy atom. The van der Waals surface area contributed by atoms with Crippen LogP contribution in [0, 0.1) is 0 Å². The molecule has 0 saturated heterocycles. The first-order chi connectivity index (χ1) is 8.15. The summed E-state index contributed by atoms with van der Waals surface area (Å²) in [7, 11) is 0. The van der Waals surface area contributed by atoms with Crippen LogP contribution in [0.5, 0.6) is 0 Å². The fourth-order valence-corrected chi connectivity index (χ4v) is 1.52. The molecule has 3 N–H and O–H groups in total. The minimum Gasteiger partial charge on any atom is -0.478 e. The Hall–Kier alpha value is -2.21. The van der Waals surface area contributed by atoms with Crippen LogP contribution in [0.25, 0.3) is 6.08 Å². The van der Waals surface area contributed by atoms with Gasteiger partial charge in [-0.05, 0) is 17.7 Å². The van der Waals surface area contributed by atoms with Crippen LogP contribution >= 0.6 is 0 Å². The first-order valence-corrected chi connectivity index (χ1v) is 5.05. The summed E-state index contributed by atoms with van der Waals surface area (Å²) >= 11 is 0. The fraction of sp³-hybridized carbons (Fsp3) is 0.182. The number of carboxylic acid groups (broad SMARTS) is 1. The van der Waals surface area contributed by atoms with E-state index in [2.05, 4.69) is 15.6 Å². The van der Waals surface area contributed by atoms with E-state index in [9.17, 15) is 9.59 Å². The molecule has 0 unspecified atom stereocenters. The number of nitrogens with zero attached hydrogens (tertiary/aromatic N) is 1. The van der Waals surface area contributed by atoms with Gasteiger partial charge in [-0.1, -0.05) is 0 Å². The molecule has 6 nitrogen and oxygen atoms in total. The van der Waals surface area contributed by atoms with Gasteiger partial charge in [0.05, 0.1) is 6.54 Å². The summed E-state index contributed by atoms with van der Waals surface area (Å²) in [6, 6.07) is 1.79. The van der Waals surface area contributed by atoms with Crippen LogP contribution in [0.3, 0.4) is 0 Å². The number of fused-ring (bicyclic) bond motifs is 1. The Bertz CT molecular complexity index is 497. The molecule has 0 radical (unpaired) electrons. The summed E-state index contributed by atoms with van der Waals surface area (Å²) in [4.78, 5) is 25.7. The largest absolute Gasteiger partial charge is 0.478 e. The maximum Gasteiger partial charge on any atom is 0.328 e. The zero-order chi connectivity index (χ0) is 12.3. The van der Waals surface area contributed by atoms with E-state index in [1.807, 2.05) is 0 Å². The van der Waals surface area contributed by atoms with Gasteiger partial charge >= 0.3 is 5.97 Å². The Morgan fingerprint density at radius 3 is 3.06 bits per heavy atom. The van der Waals surface area contributed by atoms with Gasteiger partial charge in [0.1, 0.15) is 5.82 Å². The van der Waals surface area contributed by atoms with E-state index in [1.165, 1.54) is 12.3 Å². The lowest BCUT2D eigenvalue weighted by Gasteiger charge is -2.05. The van der Waals surface area contributed by atoms with Crippen LogP contribution in [0.2, 0.25) is 0 Å². The number of carboxylic acids is 1. The molecule has 1 amide bonds. The predicted octanol–water partition coefficient (Wildman–Crippen LogP) is 0.221. The molecule has 2 rings (SSSR count). The molecule has 0 aromatic carbocycles. The van der Waals surface area contributed by atoms with Crippen molar-refractivity contribution in [3.8, 4) is 0 Å². The quantitative estimate of drug-likeness (QED) is 0.636. The summed E-state index contributed by atoms with van der Waals surface area (Å²) in [6.45, 7) is 0.770. The molecule has 0 atom stereocenters. The molecular formula is C11H11N3O3. The smallest absolute Gasteiger partial charge is 0.328 e. The van der Waals surface area contributed by atoms with E-state index in [0.717, 1.165) is 11.6 Å². The third kappa shape index (κ3) is 2.88. The maximum absolute atomic E-state index is 11.2. The number of carbonyl (C=O) groups is 2. The van der Waals surface area contributed by atoms with Crippen molar-refractivity contribution in [2.75, 3.05) is 11.9 Å². The molecule has 0 aliphatic carbocycles. The molecule has 1 aromatic rings. The van der Waals surface area contributed by atoms with E-state index >= 15 is 0 Å². The van der Waals surface area contributed by atoms with Gasteiger partial charge in [0.25, 0.3) is 0 Å². The molecular weight excluding hydrogens is 222 g/mol. The van der Waals surface area contributed by atoms with Gasteiger partial charge in [-0.25, -0.2) is 9.78 Å². The third-order valence-electron chi connectivity index (χ3n) is 2.26. The minimum absolute atomic E-state index is 0.134. The number of anilines is 1. The predicted molar refractivity (Wildman–Crippen MR) is 61.2 cm³/mol. The molecule has 0 spiro atoms. The lowest BCUT2D eigenvalue weighted by Crippen LogP contribution is -2.23. The maximum atomic E-state index is 11.2. The second kappa shape index (κ2) is 4.75. The van der Waals surface area contributed by atoms with E-state index in [-0.39, 0.29) is 12.5 Å². The number of hydrogen-bond acceptors (Lipinski definition) is 4. The van der Waals surface area contributed by atoms with E-state index in [4.69, 9.17) is 5.11 Å². The van der Waals surface area contributed by atoms with Crippen LogP contribution < -0.4 is 10.6 Å². The normalized spacial score (nSPS) is 15.2. The van der Waals surface area contributed by atoms with Crippen LogP contribution in [-0.2, 0) is 16.1 Å². The zero-order valence-electron chi connectivity index (χ0n) is 8.93. The van der Waals surface area contributed by atoms with Gasteiger partial charge < -0.3 is 15.7 Å². The van der Waals surface area contributed by atoms with Crippen LogP contribution in [-0.4, -0.2) is 28.5 Å². The number of rotatable bonds is 2. The molecule has 1 aromatic heterocycles. The highest BCUT2D eigenvalue weighted by Gasteiger charge is 2.13. The van der Waals surface area contributed by atoms with E-state index < -0.39 is 5.97 Å². The van der Waals surface area contributed by atoms with Gasteiger partial charge in [0, 0.05) is 24.4 Å². The highest BCUT2D eigenvalue weighted by atomic mass is 16.4. The van der Waals surface area contributed by atoms with Crippen molar-refractivity contribution in [1.82, 2.24) is 10.3 Å². The molecule has 0 saturated carbocycles. The topological polar surface area (TPSA) is 91.3 Å². The molecule has 1 aliphatic rings. The van der Waals surface area contributed by atoms with Crippen molar-refractivity contribution in [1.29, 1.82) is 0 Å². The number of amides is 1. The monoisotopic (exact) mass is 233 g/mol. The van der Waals surface area contributed by atoms with Gasteiger partial charge in [0.15, 0.2) is 0 Å². The molecule has 0 bridgehead atoms.